The van der Waals surface area contributed by atoms with Crippen LogP contribution in [0.15, 0.2) is 5.38 Å². The second kappa shape index (κ2) is 5.13. The van der Waals surface area contributed by atoms with Gasteiger partial charge in [0.15, 0.2) is 0 Å². The van der Waals surface area contributed by atoms with E-state index in [0.717, 1.165) is 5.01 Å². The van der Waals surface area contributed by atoms with Crippen LogP contribution in [0.3, 0.4) is 0 Å². The first kappa shape index (κ1) is 12.5. The maximum absolute atomic E-state index is 11.8. The zero-order valence-electron chi connectivity index (χ0n) is 10.1. The first-order valence-electron chi connectivity index (χ1n) is 5.46. The molecule has 0 radical (unpaired) electrons. The van der Waals surface area contributed by atoms with Gasteiger partial charge in [-0.15, -0.1) is 16.4 Å². The van der Waals surface area contributed by atoms with Gasteiger partial charge in [0, 0.05) is 11.3 Å². The quantitative estimate of drug-likeness (QED) is 0.761. The highest BCUT2D eigenvalue weighted by atomic mass is 32.1. The molecule has 18 heavy (non-hydrogen) atoms. The molecule has 2 aromatic heterocycles. The smallest absolute Gasteiger partial charge is 0.271 e. The van der Waals surface area contributed by atoms with E-state index >= 15 is 0 Å². The first-order valence-corrected chi connectivity index (χ1v) is 6.34. The highest BCUT2D eigenvalue weighted by Crippen LogP contribution is 2.18. The van der Waals surface area contributed by atoms with Crippen LogP contribution in [0, 0.1) is 0 Å². The number of carbonyl (C=O) groups is 1. The van der Waals surface area contributed by atoms with Gasteiger partial charge in [0.1, 0.15) is 11.5 Å². The molecule has 0 atom stereocenters. The monoisotopic (exact) mass is 266 g/mol. The van der Waals surface area contributed by atoms with Crippen molar-refractivity contribution in [1.82, 2.24) is 25.5 Å². The lowest BCUT2D eigenvalue weighted by Crippen LogP contribution is -2.23. The van der Waals surface area contributed by atoms with E-state index in [0.29, 0.717) is 17.4 Å². The summed E-state index contributed by atoms with van der Waals surface area (Å²) in [5.74, 6) is 0.772. The van der Waals surface area contributed by atoms with Crippen molar-refractivity contribution in [3.05, 3.63) is 21.9 Å². The van der Waals surface area contributed by atoms with Crippen LogP contribution in [-0.4, -0.2) is 26.1 Å². The van der Waals surface area contributed by atoms with Crippen molar-refractivity contribution in [2.45, 2.75) is 26.3 Å². The fourth-order valence-electron chi connectivity index (χ4n) is 1.30. The topological polar surface area (TPSA) is 110 Å². The van der Waals surface area contributed by atoms with Gasteiger partial charge in [0.2, 0.25) is 5.95 Å². The third-order valence-corrected chi connectivity index (χ3v) is 3.36. The van der Waals surface area contributed by atoms with Gasteiger partial charge >= 0.3 is 0 Å². The Morgan fingerprint density at radius 3 is 2.89 bits per heavy atom. The minimum atomic E-state index is -0.229. The Bertz CT molecular complexity index is 546. The molecule has 96 valence electrons. The van der Waals surface area contributed by atoms with Gasteiger partial charge in [0.25, 0.3) is 5.91 Å². The van der Waals surface area contributed by atoms with E-state index in [-0.39, 0.29) is 18.4 Å². The molecule has 1 amide bonds. The molecule has 8 heteroatoms. The number of anilines is 1. The molecule has 2 rings (SSSR count). The predicted octanol–water partition coefficient (Wildman–Crippen LogP) is 0.897. The molecule has 0 aliphatic rings. The second-order valence-electron chi connectivity index (χ2n) is 4.05. The van der Waals surface area contributed by atoms with Crippen LogP contribution in [0.2, 0.25) is 0 Å². The molecular weight excluding hydrogens is 252 g/mol. The number of carbonyl (C=O) groups excluding carboxylic acids is 1. The molecule has 2 aromatic rings. The van der Waals surface area contributed by atoms with E-state index in [1.807, 2.05) is 13.8 Å². The van der Waals surface area contributed by atoms with Crippen molar-refractivity contribution < 1.29 is 4.79 Å². The van der Waals surface area contributed by atoms with Crippen LogP contribution in [0.4, 0.5) is 5.95 Å². The van der Waals surface area contributed by atoms with E-state index < -0.39 is 0 Å². The average Bonchev–Trinajstić information content (AvgIpc) is 2.94. The minimum Gasteiger partial charge on any atom is -0.367 e. The summed E-state index contributed by atoms with van der Waals surface area (Å²) in [6.07, 6.45) is 0. The minimum absolute atomic E-state index is 0.162. The van der Waals surface area contributed by atoms with Crippen LogP contribution in [-0.2, 0) is 6.54 Å². The van der Waals surface area contributed by atoms with Crippen molar-refractivity contribution in [3.8, 4) is 0 Å². The van der Waals surface area contributed by atoms with Gasteiger partial charge < -0.3 is 11.1 Å². The molecule has 4 N–H and O–H groups in total. The SMILES string of the molecule is CC(C)c1nc(C(=O)NCc2nc(N)n[nH]2)cs1. The molecular formula is C10H14N6OS. The number of hydrogen-bond acceptors (Lipinski definition) is 6. The van der Waals surface area contributed by atoms with Gasteiger partial charge in [-0.05, 0) is 0 Å². The molecule has 7 nitrogen and oxygen atoms in total. The number of aromatic nitrogens is 4. The van der Waals surface area contributed by atoms with E-state index in [4.69, 9.17) is 5.73 Å². The summed E-state index contributed by atoms with van der Waals surface area (Å²) in [5.41, 5.74) is 5.78. The number of rotatable bonds is 4. The van der Waals surface area contributed by atoms with E-state index in [1.165, 1.54) is 11.3 Å². The lowest BCUT2D eigenvalue weighted by molar-refractivity contribution is 0.0945. The Labute approximate surface area is 108 Å². The van der Waals surface area contributed by atoms with Crippen molar-refractivity contribution in [1.29, 1.82) is 0 Å². The van der Waals surface area contributed by atoms with Crippen LogP contribution in [0.25, 0.3) is 0 Å². The Kier molecular flexibility index (Phi) is 3.56. The Balaban J connectivity index is 1.95. The number of nitrogen functional groups attached to an aromatic ring is 1. The molecule has 0 unspecified atom stereocenters. The predicted molar refractivity (Wildman–Crippen MR) is 68.2 cm³/mol. The zero-order chi connectivity index (χ0) is 13.1. The largest absolute Gasteiger partial charge is 0.367 e. The number of nitrogens with two attached hydrogens (primary N) is 1. The normalized spacial score (nSPS) is 10.8. The Morgan fingerprint density at radius 2 is 2.33 bits per heavy atom. The van der Waals surface area contributed by atoms with E-state index in [9.17, 15) is 4.79 Å². The van der Waals surface area contributed by atoms with Crippen LogP contribution >= 0.6 is 11.3 Å². The molecule has 0 saturated heterocycles. The molecule has 2 heterocycles. The van der Waals surface area contributed by atoms with Crippen LogP contribution < -0.4 is 11.1 Å². The molecule has 0 spiro atoms. The van der Waals surface area contributed by atoms with Crippen LogP contribution in [0.5, 0.6) is 0 Å². The highest BCUT2D eigenvalue weighted by Gasteiger charge is 2.12. The summed E-state index contributed by atoms with van der Waals surface area (Å²) in [4.78, 5) is 20.0. The second-order valence-corrected chi connectivity index (χ2v) is 4.94. The van der Waals surface area contributed by atoms with Crippen LogP contribution in [0.1, 0.15) is 41.1 Å². The van der Waals surface area contributed by atoms with E-state index in [1.54, 1.807) is 5.38 Å². The standard InChI is InChI=1S/C10H14N6OS/c1-5(2)9-13-6(4-18-9)8(17)12-3-7-14-10(11)16-15-7/h4-5H,3H2,1-2H3,(H,12,17)(H3,11,14,15,16). The molecule has 0 aliphatic carbocycles. The number of H-pyrrole nitrogens is 1. The lowest BCUT2D eigenvalue weighted by Gasteiger charge is -2.00. The van der Waals surface area contributed by atoms with Crippen molar-refractivity contribution in [3.63, 3.8) is 0 Å². The summed E-state index contributed by atoms with van der Waals surface area (Å²) >= 11 is 1.48. The maximum Gasteiger partial charge on any atom is 0.271 e. The number of hydrogen-bond donors (Lipinski definition) is 3. The molecule has 0 saturated carbocycles. The maximum atomic E-state index is 11.8. The Hall–Kier alpha value is -1.96. The number of aromatic amines is 1. The summed E-state index contributed by atoms with van der Waals surface area (Å²) in [6.45, 7) is 4.33. The van der Waals surface area contributed by atoms with Crippen molar-refractivity contribution >= 4 is 23.2 Å². The van der Waals surface area contributed by atoms with Gasteiger partial charge in [-0.25, -0.2) is 4.98 Å². The fraction of sp³-hybridized carbons (Fsp3) is 0.400. The molecule has 0 bridgehead atoms. The molecule has 0 aliphatic heterocycles. The summed E-state index contributed by atoms with van der Waals surface area (Å²) in [6, 6.07) is 0. The number of amides is 1. The van der Waals surface area contributed by atoms with Gasteiger partial charge in [-0.1, -0.05) is 13.8 Å². The van der Waals surface area contributed by atoms with Gasteiger partial charge in [-0.2, -0.15) is 4.98 Å². The fourth-order valence-corrected chi connectivity index (χ4v) is 2.12. The van der Waals surface area contributed by atoms with Gasteiger partial charge in [-0.3, -0.25) is 9.89 Å². The summed E-state index contributed by atoms with van der Waals surface area (Å²) in [5, 5.41) is 11.7. The first-order chi connectivity index (χ1) is 8.56. The zero-order valence-corrected chi connectivity index (χ0v) is 10.9. The van der Waals surface area contributed by atoms with Crippen molar-refractivity contribution in [2.75, 3.05) is 5.73 Å². The molecule has 0 fully saturated rings. The summed E-state index contributed by atoms with van der Waals surface area (Å²) < 4.78 is 0. The third-order valence-electron chi connectivity index (χ3n) is 2.21. The number of nitrogens with zero attached hydrogens (tertiary/aromatic N) is 3. The van der Waals surface area contributed by atoms with E-state index in [2.05, 4.69) is 25.5 Å². The summed E-state index contributed by atoms with van der Waals surface area (Å²) in [7, 11) is 0. The number of thiazole rings is 1. The average molecular weight is 266 g/mol. The lowest BCUT2D eigenvalue weighted by atomic mass is 10.2. The van der Waals surface area contributed by atoms with Crippen molar-refractivity contribution in [2.24, 2.45) is 0 Å². The molecule has 0 aromatic carbocycles. The number of nitrogens with one attached hydrogen (secondary N) is 2. The van der Waals surface area contributed by atoms with Gasteiger partial charge in [0.05, 0.1) is 11.6 Å². The highest BCUT2D eigenvalue weighted by molar-refractivity contribution is 7.09. The third kappa shape index (κ3) is 2.83. The Morgan fingerprint density at radius 1 is 1.56 bits per heavy atom.